The van der Waals surface area contributed by atoms with Gasteiger partial charge in [0.2, 0.25) is 0 Å². The van der Waals surface area contributed by atoms with Crippen molar-refractivity contribution in [2.45, 2.75) is 0 Å². The van der Waals surface area contributed by atoms with E-state index in [9.17, 15) is 4.79 Å². The molecule has 0 aliphatic rings. The molecule has 1 heterocycles. The summed E-state index contributed by atoms with van der Waals surface area (Å²) >= 11 is 5.83. The van der Waals surface area contributed by atoms with E-state index in [0.717, 1.165) is 11.1 Å². The van der Waals surface area contributed by atoms with Crippen LogP contribution in [-0.4, -0.2) is 0 Å². The summed E-state index contributed by atoms with van der Waals surface area (Å²) in [5, 5.41) is 1.50. The van der Waals surface area contributed by atoms with Crippen LogP contribution in [0.25, 0.3) is 11.0 Å². The summed E-state index contributed by atoms with van der Waals surface area (Å²) in [6.07, 6.45) is 0. The lowest BCUT2D eigenvalue weighted by atomic mass is 10.2. The van der Waals surface area contributed by atoms with Crippen molar-refractivity contribution < 1.29 is 4.42 Å². The van der Waals surface area contributed by atoms with Crippen molar-refractivity contribution in [3.05, 3.63) is 70.0 Å². The summed E-state index contributed by atoms with van der Waals surface area (Å²) in [6, 6.07) is 16.0. The third kappa shape index (κ3) is 2.60. The molecule has 5 heteroatoms. The zero-order valence-corrected chi connectivity index (χ0v) is 11.1. The van der Waals surface area contributed by atoms with Gasteiger partial charge in [-0.15, -0.1) is 0 Å². The molecule has 1 aromatic heterocycles. The molecule has 2 N–H and O–H groups in total. The fourth-order valence-electron chi connectivity index (χ4n) is 1.89. The number of para-hydroxylation sites is 1. The molecule has 0 radical (unpaired) electrons. The molecule has 3 aromatic rings. The second-order valence-corrected chi connectivity index (χ2v) is 4.67. The molecule has 4 nitrogen and oxygen atoms in total. The van der Waals surface area contributed by atoms with Gasteiger partial charge in [0.25, 0.3) is 0 Å². The number of anilines is 2. The van der Waals surface area contributed by atoms with Crippen LogP contribution < -0.4 is 16.5 Å². The highest BCUT2D eigenvalue weighted by Crippen LogP contribution is 2.21. The van der Waals surface area contributed by atoms with E-state index in [1.54, 1.807) is 18.2 Å². The predicted octanol–water partition coefficient (Wildman–Crippen LogP) is 3.89. The van der Waals surface area contributed by atoms with Crippen LogP contribution in [0.15, 0.2) is 63.8 Å². The first-order chi connectivity index (χ1) is 9.72. The average Bonchev–Trinajstić information content (AvgIpc) is 2.46. The molecule has 0 unspecified atom stereocenters. The molecular formula is C15H11ClN2O2. The summed E-state index contributed by atoms with van der Waals surface area (Å²) in [4.78, 5) is 11.5. The van der Waals surface area contributed by atoms with E-state index in [-0.39, 0.29) is 0 Å². The van der Waals surface area contributed by atoms with Crippen molar-refractivity contribution in [2.75, 3.05) is 10.9 Å². The van der Waals surface area contributed by atoms with E-state index >= 15 is 0 Å². The third-order valence-corrected chi connectivity index (χ3v) is 3.09. The first-order valence-corrected chi connectivity index (χ1v) is 6.41. The van der Waals surface area contributed by atoms with Crippen molar-refractivity contribution in [1.82, 2.24) is 0 Å². The second kappa shape index (κ2) is 5.27. The Morgan fingerprint density at radius 2 is 1.70 bits per heavy atom. The Hall–Kier alpha value is -2.46. The molecule has 0 fully saturated rings. The van der Waals surface area contributed by atoms with E-state index < -0.39 is 5.63 Å². The van der Waals surface area contributed by atoms with E-state index in [4.69, 9.17) is 16.0 Å². The topological polar surface area (TPSA) is 54.3 Å². The summed E-state index contributed by atoms with van der Waals surface area (Å²) < 4.78 is 5.13. The third-order valence-electron chi connectivity index (χ3n) is 2.84. The molecular weight excluding hydrogens is 276 g/mol. The highest BCUT2D eigenvalue weighted by atomic mass is 35.5. The zero-order valence-electron chi connectivity index (χ0n) is 10.4. The number of halogens is 1. The lowest BCUT2D eigenvalue weighted by Gasteiger charge is -2.11. The maximum atomic E-state index is 11.5. The molecule has 0 aliphatic heterocycles. The largest absolute Gasteiger partial charge is 0.423 e. The van der Waals surface area contributed by atoms with E-state index in [2.05, 4.69) is 10.9 Å². The van der Waals surface area contributed by atoms with Gasteiger partial charge in [-0.1, -0.05) is 23.7 Å². The summed E-state index contributed by atoms with van der Waals surface area (Å²) in [6.45, 7) is 0. The lowest BCUT2D eigenvalue weighted by molar-refractivity contribution is 0.561. The Morgan fingerprint density at radius 1 is 0.950 bits per heavy atom. The first kappa shape index (κ1) is 12.6. The Labute approximate surface area is 120 Å². The van der Waals surface area contributed by atoms with Gasteiger partial charge in [0.1, 0.15) is 5.58 Å². The monoisotopic (exact) mass is 286 g/mol. The number of fused-ring (bicyclic) bond motifs is 1. The molecule has 0 aliphatic carbocycles. The smallest absolute Gasteiger partial charge is 0.338 e. The fraction of sp³-hybridized carbons (Fsp3) is 0. The van der Waals surface area contributed by atoms with Crippen LogP contribution in [-0.2, 0) is 0 Å². The number of rotatable bonds is 3. The van der Waals surface area contributed by atoms with E-state index in [1.165, 1.54) is 6.07 Å². The molecule has 20 heavy (non-hydrogen) atoms. The Kier molecular flexibility index (Phi) is 3.31. The molecule has 3 rings (SSSR count). The minimum Gasteiger partial charge on any atom is -0.423 e. The Bertz CT molecular complexity index is 797. The maximum Gasteiger partial charge on any atom is 0.338 e. The van der Waals surface area contributed by atoms with Gasteiger partial charge in [0.15, 0.2) is 0 Å². The molecule has 0 saturated heterocycles. The molecule has 0 atom stereocenters. The van der Waals surface area contributed by atoms with Crippen molar-refractivity contribution in [3.8, 4) is 0 Å². The fourth-order valence-corrected chi connectivity index (χ4v) is 2.01. The van der Waals surface area contributed by atoms with Crippen molar-refractivity contribution in [1.29, 1.82) is 0 Å². The Morgan fingerprint density at radius 3 is 2.50 bits per heavy atom. The number of hydrazine groups is 1. The van der Waals surface area contributed by atoms with Gasteiger partial charge in [0.05, 0.1) is 11.4 Å². The quantitative estimate of drug-likeness (QED) is 0.566. The lowest BCUT2D eigenvalue weighted by Crippen LogP contribution is -2.11. The number of hydrogen-bond donors (Lipinski definition) is 2. The summed E-state index contributed by atoms with van der Waals surface area (Å²) in [5.74, 6) is 0. The highest BCUT2D eigenvalue weighted by Gasteiger charge is 2.04. The van der Waals surface area contributed by atoms with Crippen LogP contribution in [0.2, 0.25) is 5.02 Å². The maximum absolute atomic E-state index is 11.5. The van der Waals surface area contributed by atoms with Gasteiger partial charge in [-0.25, -0.2) is 4.79 Å². The molecule has 0 spiro atoms. The number of nitrogens with one attached hydrogen (secondary N) is 2. The SMILES string of the molecule is O=c1cc(NNc2ccc(Cl)cc2)c2ccccc2o1. The van der Waals surface area contributed by atoms with Gasteiger partial charge in [-0.05, 0) is 36.4 Å². The molecule has 0 saturated carbocycles. The Balaban J connectivity index is 1.90. The minimum absolute atomic E-state index is 0.399. The van der Waals surface area contributed by atoms with Gasteiger partial charge in [-0.2, -0.15) is 0 Å². The van der Waals surface area contributed by atoms with E-state index in [1.807, 2.05) is 30.3 Å². The summed E-state index contributed by atoms with van der Waals surface area (Å²) in [7, 11) is 0. The molecule has 0 amide bonds. The zero-order chi connectivity index (χ0) is 13.9. The summed E-state index contributed by atoms with van der Waals surface area (Å²) in [5.41, 5.74) is 7.67. The van der Waals surface area contributed by atoms with E-state index in [0.29, 0.717) is 16.3 Å². The molecule has 2 aromatic carbocycles. The van der Waals surface area contributed by atoms with Crippen LogP contribution in [0.1, 0.15) is 0 Å². The van der Waals surface area contributed by atoms with Crippen LogP contribution in [0.4, 0.5) is 11.4 Å². The molecule has 0 bridgehead atoms. The number of hydrogen-bond acceptors (Lipinski definition) is 4. The second-order valence-electron chi connectivity index (χ2n) is 4.23. The number of benzene rings is 2. The van der Waals surface area contributed by atoms with Gasteiger partial charge < -0.3 is 9.84 Å². The standard InChI is InChI=1S/C15H11ClN2O2/c16-10-5-7-11(8-6-10)17-18-13-9-15(19)20-14-4-2-1-3-12(13)14/h1-9,17-18H. The predicted molar refractivity (Wildman–Crippen MR) is 81.2 cm³/mol. The minimum atomic E-state index is -0.399. The van der Waals surface area contributed by atoms with Gasteiger partial charge in [0, 0.05) is 16.5 Å². The van der Waals surface area contributed by atoms with Crippen LogP contribution >= 0.6 is 11.6 Å². The van der Waals surface area contributed by atoms with Crippen LogP contribution in [0, 0.1) is 0 Å². The average molecular weight is 287 g/mol. The van der Waals surface area contributed by atoms with Crippen molar-refractivity contribution in [2.24, 2.45) is 0 Å². The van der Waals surface area contributed by atoms with Gasteiger partial charge >= 0.3 is 5.63 Å². The van der Waals surface area contributed by atoms with Crippen LogP contribution in [0.5, 0.6) is 0 Å². The normalized spacial score (nSPS) is 10.4. The van der Waals surface area contributed by atoms with Crippen molar-refractivity contribution in [3.63, 3.8) is 0 Å². The van der Waals surface area contributed by atoms with Gasteiger partial charge in [-0.3, -0.25) is 5.43 Å². The van der Waals surface area contributed by atoms with Crippen LogP contribution in [0.3, 0.4) is 0 Å². The highest BCUT2D eigenvalue weighted by molar-refractivity contribution is 6.30. The van der Waals surface area contributed by atoms with Crippen molar-refractivity contribution >= 4 is 33.9 Å². The first-order valence-electron chi connectivity index (χ1n) is 6.03. The molecule has 100 valence electrons.